The Morgan fingerprint density at radius 2 is 1.03 bits per heavy atom. The van der Waals surface area contributed by atoms with E-state index in [-0.39, 0.29) is 50.4 Å². The van der Waals surface area contributed by atoms with Gasteiger partial charge in [0.15, 0.2) is 10.3 Å². The number of amides is 2. The molecule has 0 spiro atoms. The number of benzene rings is 6. The van der Waals surface area contributed by atoms with Crippen LogP contribution in [-0.2, 0) is 9.59 Å². The first-order valence-corrected chi connectivity index (χ1v) is 24.6. The zero-order chi connectivity index (χ0) is 47.6. The molecule has 6 aromatic carbocycles. The van der Waals surface area contributed by atoms with Gasteiger partial charge in [0, 0.05) is 10.8 Å². The van der Waals surface area contributed by atoms with Crippen molar-refractivity contribution in [3.8, 4) is 11.4 Å². The van der Waals surface area contributed by atoms with E-state index in [4.69, 9.17) is 39.1 Å². The molecule has 6 N–H and O–H groups in total. The number of carboxylic acids is 2. The molecular weight excluding hydrogens is 1010 g/mol. The molecule has 2 heterocycles. The number of rotatable bonds is 14. The fourth-order valence-corrected chi connectivity index (χ4v) is 10.3. The number of aromatic nitrogens is 6. The van der Waals surface area contributed by atoms with Gasteiger partial charge in [-0.2, -0.15) is 0 Å². The van der Waals surface area contributed by atoms with Gasteiger partial charge < -0.3 is 26.6 Å². The highest BCUT2D eigenvalue weighted by Gasteiger charge is 2.28. The largest absolute Gasteiger partial charge is 0.478 e. The molecule has 0 bridgehead atoms. The second-order valence-corrected chi connectivity index (χ2v) is 19.3. The summed E-state index contributed by atoms with van der Waals surface area (Å²) >= 11 is 18.2. The van der Waals surface area contributed by atoms with Crippen molar-refractivity contribution in [2.75, 3.05) is 27.9 Å². The number of fused-ring (bicyclic) bond motifs is 2. The molecule has 344 valence electrons. The van der Waals surface area contributed by atoms with Crippen molar-refractivity contribution >= 4 is 125 Å². The zero-order valence-electron chi connectivity index (χ0n) is 35.5. The Kier molecular flexibility index (Phi) is 13.7. The number of halogens is 3. The second kappa shape index (κ2) is 20.0. The van der Waals surface area contributed by atoms with E-state index in [1.807, 2.05) is 34.9 Å². The Balaban J connectivity index is 0.000000170. The maximum atomic E-state index is 12.6. The van der Waals surface area contributed by atoms with Gasteiger partial charge in [-0.3, -0.25) is 18.7 Å². The Morgan fingerprint density at radius 3 is 1.47 bits per heavy atom. The molecule has 8 aromatic rings. The molecule has 0 unspecified atom stereocenters. The number of nitrogens with zero attached hydrogens (tertiary/aromatic N) is 6. The van der Waals surface area contributed by atoms with Gasteiger partial charge >= 0.3 is 11.9 Å². The minimum absolute atomic E-state index is 0.0350. The first-order chi connectivity index (χ1) is 32.8. The predicted molar refractivity (Wildman–Crippen MR) is 269 cm³/mol. The van der Waals surface area contributed by atoms with E-state index in [1.165, 1.54) is 108 Å². The molecule has 0 saturated heterocycles. The number of nitrogen functional groups attached to an aromatic ring is 1. The van der Waals surface area contributed by atoms with Crippen LogP contribution in [0, 0.1) is 0 Å². The van der Waals surface area contributed by atoms with Crippen molar-refractivity contribution in [2.45, 2.75) is 47.8 Å². The minimum Gasteiger partial charge on any atom is -0.478 e. The molecule has 20 heteroatoms. The molecule has 68 heavy (non-hydrogen) atoms. The van der Waals surface area contributed by atoms with Crippen molar-refractivity contribution in [2.24, 2.45) is 0 Å². The normalized spacial score (nSPS) is 13.2. The van der Waals surface area contributed by atoms with Gasteiger partial charge in [0.25, 0.3) is 0 Å². The highest BCUT2D eigenvalue weighted by atomic mass is 79.9. The molecule has 2 saturated carbocycles. The molecule has 10 rings (SSSR count). The third-order valence-electron chi connectivity index (χ3n) is 11.3. The highest BCUT2D eigenvalue weighted by molar-refractivity contribution is 9.10. The second-order valence-electron chi connectivity index (χ2n) is 15.9. The first kappa shape index (κ1) is 46.7. The summed E-state index contributed by atoms with van der Waals surface area (Å²) in [5.74, 6) is -1.23. The van der Waals surface area contributed by atoms with E-state index >= 15 is 0 Å². The first-order valence-electron chi connectivity index (χ1n) is 21.1. The number of carbonyl (C=O) groups is 4. The van der Waals surface area contributed by atoms with Crippen molar-refractivity contribution < 1.29 is 29.4 Å². The number of hydrogen-bond acceptors (Lipinski definition) is 11. The van der Waals surface area contributed by atoms with E-state index in [1.54, 1.807) is 4.57 Å². The Bertz CT molecular complexity index is 3090. The Labute approximate surface area is 415 Å². The third-order valence-corrected chi connectivity index (χ3v) is 14.3. The van der Waals surface area contributed by atoms with Gasteiger partial charge in [-0.1, -0.05) is 107 Å². The summed E-state index contributed by atoms with van der Waals surface area (Å²) in [5, 5.41) is 46.1. The standard InChI is InChI=1S/C24H18BrClN4O3S.C24H20ClN5O3S/c25-23-28-29-24(34-12-21(31)27-19-9-7-14(22(32)33)11-18(19)26)30(23)20-10-8-15(13-5-6-13)16-3-1-2-4-17(16)20;25-18-11-14(22(32)33)7-9-19(18)27-21(31)12-34-24-29-28-23(26)30(24)20-10-8-15(13-5-6-13)16-3-1-2-4-17(16)20/h1-4,7-11,13H,5-6,12H2,(H,27,31)(H,32,33);1-4,7-11,13H,5-6,12H2,(H2,26,28)(H,27,31)(H,32,33). The van der Waals surface area contributed by atoms with E-state index in [0.717, 1.165) is 22.1 Å². The van der Waals surface area contributed by atoms with Crippen LogP contribution >= 0.6 is 62.7 Å². The van der Waals surface area contributed by atoms with Gasteiger partial charge in [0.2, 0.25) is 22.5 Å². The summed E-state index contributed by atoms with van der Waals surface area (Å²) in [7, 11) is 0. The molecule has 0 aliphatic heterocycles. The molecular formula is C48H38BrCl2N9O6S2. The average Bonchev–Trinajstić information content (AvgIpc) is 4.28. The molecule has 2 fully saturated rings. The van der Waals surface area contributed by atoms with Crippen LogP contribution in [0.15, 0.2) is 124 Å². The number of hydrogen-bond donors (Lipinski definition) is 5. The summed E-state index contributed by atoms with van der Waals surface area (Å²) in [6.45, 7) is 0. The minimum atomic E-state index is -1.09. The fraction of sp³-hybridized carbons (Fsp3) is 0.167. The van der Waals surface area contributed by atoms with Gasteiger partial charge in [-0.25, -0.2) is 9.59 Å². The third kappa shape index (κ3) is 10.2. The number of aromatic carboxylic acids is 2. The van der Waals surface area contributed by atoms with Crippen LogP contribution in [0.1, 0.15) is 69.4 Å². The summed E-state index contributed by atoms with van der Waals surface area (Å²) in [5.41, 5.74) is 11.4. The average molecular weight is 1050 g/mol. The maximum Gasteiger partial charge on any atom is 0.335 e. The van der Waals surface area contributed by atoms with E-state index in [9.17, 15) is 19.2 Å². The lowest BCUT2D eigenvalue weighted by atomic mass is 9.99. The maximum absolute atomic E-state index is 12.6. The Hall–Kier alpha value is -6.44. The molecule has 15 nitrogen and oxygen atoms in total. The predicted octanol–water partition coefficient (Wildman–Crippen LogP) is 11.1. The van der Waals surface area contributed by atoms with Crippen molar-refractivity contribution in [3.05, 3.63) is 146 Å². The topological polar surface area (TPSA) is 220 Å². The quantitative estimate of drug-likeness (QED) is 0.0641. The monoisotopic (exact) mass is 1050 g/mol. The lowest BCUT2D eigenvalue weighted by molar-refractivity contribution is -0.114. The van der Waals surface area contributed by atoms with Crippen LogP contribution in [-0.4, -0.2) is 75.0 Å². The van der Waals surface area contributed by atoms with Gasteiger partial charge in [-0.15, -0.1) is 20.4 Å². The van der Waals surface area contributed by atoms with Crippen LogP contribution in [0.4, 0.5) is 17.3 Å². The zero-order valence-corrected chi connectivity index (χ0v) is 40.3. The number of carbonyl (C=O) groups excluding carboxylic acids is 2. The lowest BCUT2D eigenvalue weighted by Gasteiger charge is -2.14. The molecule has 2 aliphatic rings. The SMILES string of the molecule is Nc1nnc(SCC(=O)Nc2ccc(C(=O)O)cc2Cl)n1-c1ccc(C2CC2)c2ccccc12.O=C(CSc1nnc(Br)n1-c1ccc(C2CC2)c2ccccc12)Nc1ccc(C(=O)O)cc1Cl. The van der Waals surface area contributed by atoms with E-state index < -0.39 is 11.9 Å². The number of nitrogens with one attached hydrogen (secondary N) is 2. The molecule has 2 aliphatic carbocycles. The summed E-state index contributed by atoms with van der Waals surface area (Å²) in [6, 6.07) is 33.2. The number of thioether (sulfide) groups is 2. The van der Waals surface area contributed by atoms with Crippen molar-refractivity contribution in [1.29, 1.82) is 0 Å². The van der Waals surface area contributed by atoms with Crippen molar-refractivity contribution in [3.63, 3.8) is 0 Å². The summed E-state index contributed by atoms with van der Waals surface area (Å²) in [4.78, 5) is 47.3. The van der Waals surface area contributed by atoms with Crippen LogP contribution in [0.5, 0.6) is 0 Å². The molecule has 2 amide bonds. The van der Waals surface area contributed by atoms with E-state index in [0.29, 0.717) is 38.3 Å². The summed E-state index contributed by atoms with van der Waals surface area (Å²) in [6.07, 6.45) is 4.85. The van der Waals surface area contributed by atoms with Gasteiger partial charge in [0.1, 0.15) is 0 Å². The smallest absolute Gasteiger partial charge is 0.335 e. The van der Waals surface area contributed by atoms with Crippen LogP contribution < -0.4 is 16.4 Å². The van der Waals surface area contributed by atoms with Crippen molar-refractivity contribution in [1.82, 2.24) is 29.5 Å². The van der Waals surface area contributed by atoms with Crippen LogP contribution in [0.25, 0.3) is 32.9 Å². The molecule has 0 radical (unpaired) electrons. The molecule has 0 atom stereocenters. The fourth-order valence-electron chi connectivity index (χ4n) is 7.78. The lowest BCUT2D eigenvalue weighted by Crippen LogP contribution is -2.15. The van der Waals surface area contributed by atoms with E-state index in [2.05, 4.69) is 89.4 Å². The number of anilines is 3. The number of carboxylic acid groups (broad SMARTS) is 2. The van der Waals surface area contributed by atoms with Crippen LogP contribution in [0.2, 0.25) is 10.0 Å². The Morgan fingerprint density at radius 1 is 0.603 bits per heavy atom. The number of nitrogens with two attached hydrogens (primary N) is 1. The summed E-state index contributed by atoms with van der Waals surface area (Å²) < 4.78 is 4.20. The molecule has 2 aromatic heterocycles. The highest BCUT2D eigenvalue weighted by Crippen LogP contribution is 2.46. The van der Waals surface area contributed by atoms with Crippen LogP contribution in [0.3, 0.4) is 0 Å². The van der Waals surface area contributed by atoms with Gasteiger partial charge in [-0.05, 0) is 124 Å². The van der Waals surface area contributed by atoms with Gasteiger partial charge in [0.05, 0.1) is 55.4 Å².